The van der Waals surface area contributed by atoms with E-state index >= 15 is 0 Å². The van der Waals surface area contributed by atoms with E-state index in [2.05, 4.69) is 41.7 Å². The van der Waals surface area contributed by atoms with Gasteiger partial charge in [-0.2, -0.15) is 0 Å². The molecule has 0 atom stereocenters. The molecule has 1 aliphatic rings. The highest BCUT2D eigenvalue weighted by Gasteiger charge is 2.12. The Bertz CT molecular complexity index is 449. The van der Waals surface area contributed by atoms with E-state index < -0.39 is 0 Å². The van der Waals surface area contributed by atoms with E-state index in [0.29, 0.717) is 0 Å². The highest BCUT2D eigenvalue weighted by molar-refractivity contribution is 7.12. The molecule has 82 valence electrons. The molecule has 3 rings (SSSR count). The Morgan fingerprint density at radius 2 is 2.06 bits per heavy atom. The first-order chi connectivity index (χ1) is 7.92. The van der Waals surface area contributed by atoms with Gasteiger partial charge in [0, 0.05) is 22.7 Å². The number of rotatable bonds is 2. The number of benzene rings is 1. The topological polar surface area (TPSA) is 12.0 Å². The van der Waals surface area contributed by atoms with Gasteiger partial charge in [-0.25, -0.2) is 0 Å². The summed E-state index contributed by atoms with van der Waals surface area (Å²) in [5, 5.41) is 3.43. The van der Waals surface area contributed by atoms with Crippen molar-refractivity contribution in [1.82, 2.24) is 5.32 Å². The largest absolute Gasteiger partial charge is 0.312 e. The van der Waals surface area contributed by atoms with Gasteiger partial charge in [-0.1, -0.05) is 30.3 Å². The fourth-order valence-electron chi connectivity index (χ4n) is 2.20. The van der Waals surface area contributed by atoms with Gasteiger partial charge in [-0.05, 0) is 30.2 Å². The first-order valence-corrected chi connectivity index (χ1v) is 6.58. The summed E-state index contributed by atoms with van der Waals surface area (Å²) in [5.41, 5.74) is 2.98. The first-order valence-electron chi connectivity index (χ1n) is 5.77. The van der Waals surface area contributed by atoms with Gasteiger partial charge < -0.3 is 5.32 Å². The SMILES string of the molecule is c1ccc(Cc2cc3c(s2)CNCC3)cc1. The molecule has 1 aromatic heterocycles. The third kappa shape index (κ3) is 2.04. The summed E-state index contributed by atoms with van der Waals surface area (Å²) >= 11 is 1.97. The van der Waals surface area contributed by atoms with Crippen LogP contribution in [0.4, 0.5) is 0 Å². The van der Waals surface area contributed by atoms with Gasteiger partial charge >= 0.3 is 0 Å². The van der Waals surface area contributed by atoms with Crippen LogP contribution in [0.1, 0.15) is 20.9 Å². The molecule has 0 amide bonds. The van der Waals surface area contributed by atoms with Crippen LogP contribution in [0.2, 0.25) is 0 Å². The third-order valence-electron chi connectivity index (χ3n) is 3.03. The van der Waals surface area contributed by atoms with E-state index in [4.69, 9.17) is 0 Å². The Morgan fingerprint density at radius 1 is 1.19 bits per heavy atom. The minimum Gasteiger partial charge on any atom is -0.312 e. The van der Waals surface area contributed by atoms with Crippen LogP contribution < -0.4 is 5.32 Å². The summed E-state index contributed by atoms with van der Waals surface area (Å²) in [6.45, 7) is 2.20. The van der Waals surface area contributed by atoms with Crippen LogP contribution in [0.25, 0.3) is 0 Å². The second kappa shape index (κ2) is 4.40. The Labute approximate surface area is 100 Å². The molecule has 0 bridgehead atoms. The van der Waals surface area contributed by atoms with Crippen molar-refractivity contribution in [2.24, 2.45) is 0 Å². The van der Waals surface area contributed by atoms with Gasteiger partial charge in [0.1, 0.15) is 0 Å². The van der Waals surface area contributed by atoms with Gasteiger partial charge in [0.2, 0.25) is 0 Å². The van der Waals surface area contributed by atoms with Crippen molar-refractivity contribution in [2.75, 3.05) is 6.54 Å². The summed E-state index contributed by atoms with van der Waals surface area (Å²) in [6, 6.07) is 13.1. The van der Waals surface area contributed by atoms with E-state index in [0.717, 1.165) is 19.5 Å². The number of hydrogen-bond donors (Lipinski definition) is 1. The van der Waals surface area contributed by atoms with Crippen molar-refractivity contribution in [3.63, 3.8) is 0 Å². The van der Waals surface area contributed by atoms with Gasteiger partial charge in [-0.15, -0.1) is 11.3 Å². The normalized spacial score (nSPS) is 14.8. The highest BCUT2D eigenvalue weighted by Crippen LogP contribution is 2.26. The zero-order valence-electron chi connectivity index (χ0n) is 9.20. The van der Waals surface area contributed by atoms with E-state index in [9.17, 15) is 0 Å². The van der Waals surface area contributed by atoms with Crippen LogP contribution in [-0.2, 0) is 19.4 Å². The molecule has 2 aromatic rings. The Balaban J connectivity index is 1.83. The lowest BCUT2D eigenvalue weighted by atomic mass is 10.1. The molecule has 1 nitrogen and oxygen atoms in total. The van der Waals surface area contributed by atoms with Crippen LogP contribution in [0.15, 0.2) is 36.4 Å². The van der Waals surface area contributed by atoms with Crippen molar-refractivity contribution in [1.29, 1.82) is 0 Å². The first kappa shape index (κ1) is 10.1. The minimum absolute atomic E-state index is 1.06. The van der Waals surface area contributed by atoms with Crippen LogP contribution in [0.3, 0.4) is 0 Å². The lowest BCUT2D eigenvalue weighted by molar-refractivity contribution is 0.654. The molecule has 1 N–H and O–H groups in total. The molecule has 0 unspecified atom stereocenters. The number of thiophene rings is 1. The maximum atomic E-state index is 3.43. The monoisotopic (exact) mass is 229 g/mol. The van der Waals surface area contributed by atoms with E-state index in [1.165, 1.54) is 21.7 Å². The molecular formula is C14H15NS. The van der Waals surface area contributed by atoms with Crippen LogP contribution in [0, 0.1) is 0 Å². The summed E-state index contributed by atoms with van der Waals surface area (Å²) in [6.07, 6.45) is 2.28. The number of nitrogens with one attached hydrogen (secondary N) is 1. The van der Waals surface area contributed by atoms with Gasteiger partial charge in [0.15, 0.2) is 0 Å². The number of hydrogen-bond acceptors (Lipinski definition) is 2. The van der Waals surface area contributed by atoms with E-state index in [1.807, 2.05) is 11.3 Å². The summed E-state index contributed by atoms with van der Waals surface area (Å²) in [5.74, 6) is 0. The molecule has 1 aliphatic heterocycles. The maximum absolute atomic E-state index is 3.43. The quantitative estimate of drug-likeness (QED) is 0.835. The van der Waals surface area contributed by atoms with E-state index in [-0.39, 0.29) is 0 Å². The predicted octanol–water partition coefficient (Wildman–Crippen LogP) is 2.98. The fraction of sp³-hybridized carbons (Fsp3) is 0.286. The maximum Gasteiger partial charge on any atom is 0.0302 e. The Hall–Kier alpha value is -1.12. The molecule has 1 aromatic carbocycles. The molecule has 0 aliphatic carbocycles. The molecule has 0 radical (unpaired) electrons. The van der Waals surface area contributed by atoms with Crippen molar-refractivity contribution in [3.8, 4) is 0 Å². The van der Waals surface area contributed by atoms with Gasteiger partial charge in [0.25, 0.3) is 0 Å². The molecule has 16 heavy (non-hydrogen) atoms. The van der Waals surface area contributed by atoms with Crippen molar-refractivity contribution in [3.05, 3.63) is 57.3 Å². The second-order valence-corrected chi connectivity index (χ2v) is 5.47. The van der Waals surface area contributed by atoms with Crippen LogP contribution >= 0.6 is 11.3 Å². The van der Waals surface area contributed by atoms with E-state index in [1.54, 1.807) is 5.56 Å². The van der Waals surface area contributed by atoms with Crippen LogP contribution in [-0.4, -0.2) is 6.54 Å². The molecule has 2 heteroatoms. The van der Waals surface area contributed by atoms with Crippen LogP contribution in [0.5, 0.6) is 0 Å². The second-order valence-electron chi connectivity index (χ2n) is 4.25. The lowest BCUT2D eigenvalue weighted by Gasteiger charge is -2.10. The molecule has 0 fully saturated rings. The summed E-state index contributed by atoms with van der Waals surface area (Å²) in [7, 11) is 0. The summed E-state index contributed by atoms with van der Waals surface area (Å²) < 4.78 is 0. The third-order valence-corrected chi connectivity index (χ3v) is 4.20. The highest BCUT2D eigenvalue weighted by atomic mass is 32.1. The average molecular weight is 229 g/mol. The summed E-state index contributed by atoms with van der Waals surface area (Å²) in [4.78, 5) is 3.04. The Morgan fingerprint density at radius 3 is 2.88 bits per heavy atom. The molecule has 2 heterocycles. The molecule has 0 spiro atoms. The average Bonchev–Trinajstić information content (AvgIpc) is 2.72. The lowest BCUT2D eigenvalue weighted by Crippen LogP contribution is -2.21. The van der Waals surface area contributed by atoms with Crippen molar-refractivity contribution in [2.45, 2.75) is 19.4 Å². The predicted molar refractivity (Wildman–Crippen MR) is 69.0 cm³/mol. The Kier molecular flexibility index (Phi) is 2.77. The van der Waals surface area contributed by atoms with Gasteiger partial charge in [0.05, 0.1) is 0 Å². The molecular weight excluding hydrogens is 214 g/mol. The molecule has 0 saturated heterocycles. The number of fused-ring (bicyclic) bond motifs is 1. The van der Waals surface area contributed by atoms with Gasteiger partial charge in [-0.3, -0.25) is 0 Å². The minimum atomic E-state index is 1.06. The standard InChI is InChI=1S/C14H15NS/c1-2-4-11(5-3-1)8-13-9-12-6-7-15-10-14(12)16-13/h1-5,9,15H,6-8,10H2. The smallest absolute Gasteiger partial charge is 0.0302 e. The fourth-order valence-corrected chi connectivity index (χ4v) is 3.42. The molecule has 0 saturated carbocycles. The van der Waals surface area contributed by atoms with Crippen molar-refractivity contribution < 1.29 is 0 Å². The zero-order chi connectivity index (χ0) is 10.8. The zero-order valence-corrected chi connectivity index (χ0v) is 10.0. The van der Waals surface area contributed by atoms with Crippen molar-refractivity contribution >= 4 is 11.3 Å².